The Morgan fingerprint density at radius 3 is 2.39 bits per heavy atom. The lowest BCUT2D eigenvalue weighted by molar-refractivity contribution is 0.102. The molecule has 2 rings (SSSR count). The van der Waals surface area contributed by atoms with Crippen LogP contribution in [0.2, 0.25) is 0 Å². The number of hydrogen-bond acceptors (Lipinski definition) is 3. The third kappa shape index (κ3) is 2.66. The highest BCUT2D eigenvalue weighted by Crippen LogP contribution is 2.15. The molecule has 0 bridgehead atoms. The van der Waals surface area contributed by atoms with Gasteiger partial charge >= 0.3 is 0 Å². The number of carbonyl (C=O) groups excluding carboxylic acids is 1. The summed E-state index contributed by atoms with van der Waals surface area (Å²) >= 11 is 0. The minimum atomic E-state index is -0.203. The summed E-state index contributed by atoms with van der Waals surface area (Å²) in [5.74, 6) is -0.0353. The molecule has 0 atom stereocenters. The van der Waals surface area contributed by atoms with E-state index in [1.807, 2.05) is 6.92 Å². The summed E-state index contributed by atoms with van der Waals surface area (Å²) in [6, 6.07) is 9.90. The molecule has 1 aromatic carbocycles. The monoisotopic (exact) mass is 242 g/mol. The normalized spacial score (nSPS) is 10.1. The molecule has 2 aromatic rings. The Balaban J connectivity index is 2.19. The van der Waals surface area contributed by atoms with Crippen LogP contribution in [0, 0.1) is 13.8 Å². The summed E-state index contributed by atoms with van der Waals surface area (Å²) in [5.41, 5.74) is 2.77. The minimum absolute atomic E-state index is 0.168. The number of aryl methyl sites for hydroxylation is 2. The van der Waals surface area contributed by atoms with Crippen molar-refractivity contribution in [1.82, 2.24) is 4.98 Å². The van der Waals surface area contributed by atoms with Gasteiger partial charge in [0.1, 0.15) is 5.75 Å². The SMILES string of the molecule is Cc1ccc(C(=O)Nc2ccc(O)cc2)c(C)n1. The van der Waals surface area contributed by atoms with Crippen LogP contribution in [0.5, 0.6) is 5.75 Å². The van der Waals surface area contributed by atoms with Crippen LogP contribution in [-0.2, 0) is 0 Å². The van der Waals surface area contributed by atoms with Crippen molar-refractivity contribution in [3.05, 3.63) is 53.3 Å². The number of carbonyl (C=O) groups is 1. The molecule has 0 aliphatic rings. The third-order valence-electron chi connectivity index (χ3n) is 2.59. The average Bonchev–Trinajstić information content (AvgIpc) is 2.32. The molecule has 0 radical (unpaired) electrons. The molecule has 1 heterocycles. The number of pyridine rings is 1. The molecule has 4 nitrogen and oxygen atoms in total. The Bertz CT molecular complexity index is 577. The van der Waals surface area contributed by atoms with Gasteiger partial charge in [-0.05, 0) is 50.2 Å². The van der Waals surface area contributed by atoms with Gasteiger partial charge in [0.2, 0.25) is 0 Å². The molecule has 1 amide bonds. The van der Waals surface area contributed by atoms with Crippen molar-refractivity contribution in [3.63, 3.8) is 0 Å². The molecule has 92 valence electrons. The van der Waals surface area contributed by atoms with E-state index >= 15 is 0 Å². The van der Waals surface area contributed by atoms with Crippen molar-refractivity contribution in [3.8, 4) is 5.75 Å². The topological polar surface area (TPSA) is 62.2 Å². The summed E-state index contributed by atoms with van der Waals surface area (Å²) in [6.45, 7) is 3.69. The van der Waals surface area contributed by atoms with E-state index in [1.165, 1.54) is 12.1 Å². The number of phenols is 1. The van der Waals surface area contributed by atoms with Gasteiger partial charge in [-0.1, -0.05) is 0 Å². The first-order valence-electron chi connectivity index (χ1n) is 5.61. The smallest absolute Gasteiger partial charge is 0.257 e. The summed E-state index contributed by atoms with van der Waals surface area (Å²) in [7, 11) is 0. The molecule has 0 spiro atoms. The maximum Gasteiger partial charge on any atom is 0.257 e. The molecule has 0 unspecified atom stereocenters. The number of amides is 1. The van der Waals surface area contributed by atoms with Crippen molar-refractivity contribution >= 4 is 11.6 Å². The molecule has 18 heavy (non-hydrogen) atoms. The number of aromatic hydroxyl groups is 1. The zero-order valence-electron chi connectivity index (χ0n) is 10.3. The van der Waals surface area contributed by atoms with Gasteiger partial charge in [0, 0.05) is 11.4 Å². The number of nitrogens with one attached hydrogen (secondary N) is 1. The molecule has 0 fully saturated rings. The number of anilines is 1. The predicted octanol–water partition coefficient (Wildman–Crippen LogP) is 2.66. The summed E-state index contributed by atoms with van der Waals surface area (Å²) in [6.07, 6.45) is 0. The first-order valence-corrected chi connectivity index (χ1v) is 5.61. The number of rotatable bonds is 2. The van der Waals surface area contributed by atoms with Crippen LogP contribution in [0.3, 0.4) is 0 Å². The van der Waals surface area contributed by atoms with Crippen LogP contribution in [-0.4, -0.2) is 16.0 Å². The first kappa shape index (κ1) is 12.1. The fraction of sp³-hybridized carbons (Fsp3) is 0.143. The molecule has 0 aliphatic heterocycles. The minimum Gasteiger partial charge on any atom is -0.508 e. The van der Waals surface area contributed by atoms with Gasteiger partial charge in [0.25, 0.3) is 5.91 Å². The lowest BCUT2D eigenvalue weighted by atomic mass is 10.1. The van der Waals surface area contributed by atoms with Crippen LogP contribution in [0.15, 0.2) is 36.4 Å². The van der Waals surface area contributed by atoms with Crippen molar-refractivity contribution in [1.29, 1.82) is 0 Å². The molecule has 1 aromatic heterocycles. The van der Waals surface area contributed by atoms with E-state index in [-0.39, 0.29) is 11.7 Å². The number of hydrogen-bond donors (Lipinski definition) is 2. The summed E-state index contributed by atoms with van der Waals surface area (Å²) in [5, 5.41) is 11.9. The van der Waals surface area contributed by atoms with E-state index in [0.29, 0.717) is 16.9 Å². The van der Waals surface area contributed by atoms with Gasteiger partial charge < -0.3 is 10.4 Å². The number of nitrogens with zero attached hydrogens (tertiary/aromatic N) is 1. The van der Waals surface area contributed by atoms with Gasteiger partial charge in [0.05, 0.1) is 11.3 Å². The van der Waals surface area contributed by atoms with E-state index in [1.54, 1.807) is 31.2 Å². The molecule has 2 N–H and O–H groups in total. The van der Waals surface area contributed by atoms with Crippen molar-refractivity contribution in [2.45, 2.75) is 13.8 Å². The van der Waals surface area contributed by atoms with Crippen LogP contribution in [0.1, 0.15) is 21.7 Å². The second kappa shape index (κ2) is 4.87. The lowest BCUT2D eigenvalue weighted by Crippen LogP contribution is -2.14. The Morgan fingerprint density at radius 2 is 1.78 bits per heavy atom. The standard InChI is InChI=1S/C14H14N2O2/c1-9-3-8-13(10(2)15-9)14(18)16-11-4-6-12(17)7-5-11/h3-8,17H,1-2H3,(H,16,18). The highest BCUT2D eigenvalue weighted by Gasteiger charge is 2.10. The Kier molecular flexibility index (Phi) is 3.28. The van der Waals surface area contributed by atoms with E-state index in [2.05, 4.69) is 10.3 Å². The van der Waals surface area contributed by atoms with E-state index in [9.17, 15) is 4.79 Å². The van der Waals surface area contributed by atoms with Crippen LogP contribution < -0.4 is 5.32 Å². The lowest BCUT2D eigenvalue weighted by Gasteiger charge is -2.07. The van der Waals surface area contributed by atoms with Crippen molar-refractivity contribution in [2.75, 3.05) is 5.32 Å². The van der Waals surface area contributed by atoms with Gasteiger partial charge in [-0.25, -0.2) is 0 Å². The second-order valence-electron chi connectivity index (χ2n) is 4.09. The van der Waals surface area contributed by atoms with Crippen molar-refractivity contribution in [2.24, 2.45) is 0 Å². The van der Waals surface area contributed by atoms with E-state index in [0.717, 1.165) is 5.69 Å². The summed E-state index contributed by atoms with van der Waals surface area (Å²) < 4.78 is 0. The molecule has 0 saturated carbocycles. The molecular weight excluding hydrogens is 228 g/mol. The quantitative estimate of drug-likeness (QED) is 0.796. The van der Waals surface area contributed by atoms with Gasteiger partial charge in [-0.3, -0.25) is 9.78 Å². The zero-order chi connectivity index (χ0) is 13.1. The second-order valence-corrected chi connectivity index (χ2v) is 4.09. The van der Waals surface area contributed by atoms with Gasteiger partial charge in [-0.2, -0.15) is 0 Å². The highest BCUT2D eigenvalue weighted by atomic mass is 16.3. The zero-order valence-corrected chi connectivity index (χ0v) is 10.3. The maximum absolute atomic E-state index is 12.0. The molecular formula is C14H14N2O2. The van der Waals surface area contributed by atoms with Crippen LogP contribution >= 0.6 is 0 Å². The summed E-state index contributed by atoms with van der Waals surface area (Å²) in [4.78, 5) is 16.3. The average molecular weight is 242 g/mol. The van der Waals surface area contributed by atoms with E-state index in [4.69, 9.17) is 5.11 Å². The molecule has 4 heteroatoms. The number of phenolic OH excluding ortho intramolecular Hbond substituents is 1. The van der Waals surface area contributed by atoms with Gasteiger partial charge in [0.15, 0.2) is 0 Å². The number of benzene rings is 1. The highest BCUT2D eigenvalue weighted by molar-refractivity contribution is 6.04. The molecule has 0 saturated heterocycles. The fourth-order valence-electron chi connectivity index (χ4n) is 1.67. The largest absolute Gasteiger partial charge is 0.508 e. The fourth-order valence-corrected chi connectivity index (χ4v) is 1.67. The Morgan fingerprint density at radius 1 is 1.11 bits per heavy atom. The molecule has 0 aliphatic carbocycles. The maximum atomic E-state index is 12.0. The third-order valence-corrected chi connectivity index (χ3v) is 2.59. The Labute approximate surface area is 105 Å². The Hall–Kier alpha value is -2.36. The van der Waals surface area contributed by atoms with Gasteiger partial charge in [-0.15, -0.1) is 0 Å². The predicted molar refractivity (Wildman–Crippen MR) is 69.8 cm³/mol. The van der Waals surface area contributed by atoms with Crippen LogP contribution in [0.4, 0.5) is 5.69 Å². The van der Waals surface area contributed by atoms with Crippen LogP contribution in [0.25, 0.3) is 0 Å². The number of aromatic nitrogens is 1. The van der Waals surface area contributed by atoms with Crippen molar-refractivity contribution < 1.29 is 9.90 Å². The van der Waals surface area contributed by atoms with E-state index < -0.39 is 0 Å². The first-order chi connectivity index (χ1) is 8.56.